The lowest BCUT2D eigenvalue weighted by Crippen LogP contribution is -2.14. The third-order valence-corrected chi connectivity index (χ3v) is 7.77. The minimum atomic E-state index is -3.62. The van der Waals surface area contributed by atoms with Gasteiger partial charge in [0.1, 0.15) is 5.78 Å². The summed E-state index contributed by atoms with van der Waals surface area (Å²) in [6, 6.07) is 8.28. The average Bonchev–Trinajstić information content (AvgIpc) is 3.15. The predicted octanol–water partition coefficient (Wildman–Crippen LogP) is 3.55. The lowest BCUT2D eigenvalue weighted by Gasteiger charge is -2.14. The summed E-state index contributed by atoms with van der Waals surface area (Å²) in [6.45, 7) is 1.68. The van der Waals surface area contributed by atoms with E-state index in [2.05, 4.69) is 4.98 Å². The van der Waals surface area contributed by atoms with Gasteiger partial charge in [-0.3, -0.25) is 9.59 Å². The highest BCUT2D eigenvalue weighted by Crippen LogP contribution is 2.33. The number of aryl methyl sites for hydroxylation is 1. The van der Waals surface area contributed by atoms with E-state index in [1.54, 1.807) is 18.2 Å². The van der Waals surface area contributed by atoms with E-state index >= 15 is 0 Å². The molecule has 2 N–H and O–H groups in total. The molecule has 1 aromatic heterocycles. The maximum Gasteiger partial charge on any atom is 0.251 e. The number of aromatic nitrogens is 1. The molecule has 8 heteroatoms. The lowest BCUT2D eigenvalue weighted by molar-refractivity contribution is -0.117. The first-order valence-corrected chi connectivity index (χ1v) is 12.4. The summed E-state index contributed by atoms with van der Waals surface area (Å²) >= 11 is 6.35. The topological polar surface area (TPSA) is 104 Å². The van der Waals surface area contributed by atoms with Crippen molar-refractivity contribution in [2.75, 3.05) is 12.4 Å². The molecular formula is C23H26ClNO5S. The van der Waals surface area contributed by atoms with E-state index in [1.807, 2.05) is 19.1 Å². The molecule has 2 aromatic rings. The summed E-state index contributed by atoms with van der Waals surface area (Å²) < 4.78 is 25.0. The molecule has 3 rings (SSSR count). The van der Waals surface area contributed by atoms with Crippen molar-refractivity contribution in [3.05, 3.63) is 68.6 Å². The molecule has 0 spiro atoms. The number of rotatable bonds is 8. The quantitative estimate of drug-likeness (QED) is 0.623. The molecular weight excluding hydrogens is 438 g/mol. The first-order chi connectivity index (χ1) is 14.7. The zero-order valence-electron chi connectivity index (χ0n) is 17.4. The number of carbonyl (C=O) groups excluding carboxylic acids is 1. The molecule has 1 saturated carbocycles. The van der Waals surface area contributed by atoms with E-state index in [-0.39, 0.29) is 46.0 Å². The van der Waals surface area contributed by atoms with Gasteiger partial charge in [0.05, 0.1) is 15.7 Å². The smallest absolute Gasteiger partial charge is 0.251 e. The Kier molecular flexibility index (Phi) is 7.51. The second-order valence-corrected chi connectivity index (χ2v) is 10.2. The van der Waals surface area contributed by atoms with Crippen molar-refractivity contribution in [2.24, 2.45) is 5.92 Å². The summed E-state index contributed by atoms with van der Waals surface area (Å²) in [5, 5.41) is 9.02. The molecule has 1 aromatic carbocycles. The van der Waals surface area contributed by atoms with Gasteiger partial charge in [-0.25, -0.2) is 8.42 Å². The number of halogens is 1. The molecule has 1 atom stereocenters. The largest absolute Gasteiger partial charge is 0.396 e. The third kappa shape index (κ3) is 5.53. The summed E-state index contributed by atoms with van der Waals surface area (Å²) in [5.74, 6) is 0.0590. The Balaban J connectivity index is 2.07. The second-order valence-electron chi connectivity index (χ2n) is 7.74. The SMILES string of the molecule is CCc1ccc(/C(=C\[C@H]2CCC(=O)C2)c2ccc(S(=O)(=O)CCCO)c(Cl)c2)[nH]c1=O. The van der Waals surface area contributed by atoms with Gasteiger partial charge < -0.3 is 10.1 Å². The fourth-order valence-electron chi connectivity index (χ4n) is 3.79. The zero-order valence-corrected chi connectivity index (χ0v) is 18.9. The van der Waals surface area contributed by atoms with Gasteiger partial charge in [-0.15, -0.1) is 0 Å². The number of hydrogen-bond acceptors (Lipinski definition) is 5. The molecule has 0 saturated heterocycles. The van der Waals surface area contributed by atoms with E-state index in [9.17, 15) is 18.0 Å². The molecule has 1 aliphatic carbocycles. The van der Waals surface area contributed by atoms with Gasteiger partial charge >= 0.3 is 0 Å². The Hall–Kier alpha value is -2.22. The number of aliphatic hydroxyl groups excluding tert-OH is 1. The van der Waals surface area contributed by atoms with E-state index in [4.69, 9.17) is 16.7 Å². The van der Waals surface area contributed by atoms with Crippen LogP contribution in [0.2, 0.25) is 5.02 Å². The molecule has 0 unspecified atom stereocenters. The number of pyridine rings is 1. The van der Waals surface area contributed by atoms with Crippen molar-refractivity contribution in [3.63, 3.8) is 0 Å². The van der Waals surface area contributed by atoms with Crippen LogP contribution in [0, 0.1) is 5.92 Å². The fraction of sp³-hybridized carbons (Fsp3) is 0.391. The van der Waals surface area contributed by atoms with Crippen molar-refractivity contribution in [3.8, 4) is 0 Å². The minimum Gasteiger partial charge on any atom is -0.396 e. The maximum absolute atomic E-state index is 12.5. The van der Waals surface area contributed by atoms with Crippen molar-refractivity contribution in [2.45, 2.75) is 43.9 Å². The summed E-state index contributed by atoms with van der Waals surface area (Å²) in [4.78, 5) is 27.1. The van der Waals surface area contributed by atoms with E-state index < -0.39 is 9.84 Å². The predicted molar refractivity (Wildman–Crippen MR) is 121 cm³/mol. The van der Waals surface area contributed by atoms with Gasteiger partial charge in [0.2, 0.25) is 0 Å². The number of Topliss-reactive ketones (excluding diaryl/α,β-unsaturated/α-hetero) is 1. The second kappa shape index (κ2) is 9.94. The van der Waals surface area contributed by atoms with E-state index in [0.29, 0.717) is 41.7 Å². The van der Waals surface area contributed by atoms with Crippen LogP contribution in [0.4, 0.5) is 0 Å². The lowest BCUT2D eigenvalue weighted by atomic mass is 9.95. The number of sulfone groups is 1. The van der Waals surface area contributed by atoms with Crippen LogP contribution in [0.15, 0.2) is 46.1 Å². The van der Waals surface area contributed by atoms with Crippen LogP contribution in [-0.4, -0.2) is 36.7 Å². The first-order valence-electron chi connectivity index (χ1n) is 10.3. The molecule has 0 amide bonds. The van der Waals surface area contributed by atoms with Gasteiger partial charge in [-0.05, 0) is 48.9 Å². The fourth-order valence-corrected chi connectivity index (χ4v) is 5.68. The van der Waals surface area contributed by atoms with Gasteiger partial charge in [0.25, 0.3) is 5.56 Å². The number of aromatic amines is 1. The molecule has 1 fully saturated rings. The summed E-state index contributed by atoms with van der Waals surface area (Å²) in [6.07, 6.45) is 4.42. The maximum atomic E-state index is 12.5. The number of hydrogen-bond donors (Lipinski definition) is 2. The van der Waals surface area contributed by atoms with Crippen LogP contribution >= 0.6 is 11.6 Å². The number of ketones is 1. The molecule has 1 heterocycles. The van der Waals surface area contributed by atoms with Crippen LogP contribution < -0.4 is 5.56 Å². The average molecular weight is 464 g/mol. The highest BCUT2D eigenvalue weighted by atomic mass is 35.5. The first kappa shape index (κ1) is 23.4. The normalized spacial score (nSPS) is 17.3. The number of carbonyl (C=O) groups is 1. The van der Waals surface area contributed by atoms with Gasteiger partial charge in [-0.1, -0.05) is 36.7 Å². The number of nitrogens with one attached hydrogen (secondary N) is 1. The molecule has 0 bridgehead atoms. The monoisotopic (exact) mass is 463 g/mol. The molecule has 1 aliphatic rings. The Labute approximate surface area is 186 Å². The van der Waals surface area contributed by atoms with Crippen molar-refractivity contribution in [1.29, 1.82) is 0 Å². The van der Waals surface area contributed by atoms with Crippen LogP contribution in [0.5, 0.6) is 0 Å². The number of H-pyrrole nitrogens is 1. The molecule has 31 heavy (non-hydrogen) atoms. The van der Waals surface area contributed by atoms with E-state index in [0.717, 1.165) is 6.42 Å². The standard InChI is InChI=1S/C23H26ClNO5S/c1-2-16-5-8-21(25-23(16)28)19(13-15-4-7-18(27)12-15)17-6-9-22(20(24)14-17)31(29,30)11-3-10-26/h5-6,8-9,13-15,26H,2-4,7,10-12H2,1H3,(H,25,28)/b19-13-/t15-/m0/s1. The minimum absolute atomic E-state index is 0.0107. The van der Waals surface area contributed by atoms with Crippen molar-refractivity contribution in [1.82, 2.24) is 4.98 Å². The molecule has 0 radical (unpaired) electrons. The Bertz CT molecular complexity index is 1170. The number of aliphatic hydroxyl groups is 1. The Morgan fingerprint density at radius 2 is 2.03 bits per heavy atom. The number of allylic oxidation sites excluding steroid dienone is 1. The van der Waals surface area contributed by atoms with Gasteiger partial charge in [0, 0.05) is 36.3 Å². The highest BCUT2D eigenvalue weighted by molar-refractivity contribution is 7.91. The molecule has 6 nitrogen and oxygen atoms in total. The summed E-state index contributed by atoms with van der Waals surface area (Å²) in [5.41, 5.74) is 2.45. The summed E-state index contributed by atoms with van der Waals surface area (Å²) in [7, 11) is -3.62. The van der Waals surface area contributed by atoms with Gasteiger partial charge in [0.15, 0.2) is 9.84 Å². The molecule has 0 aliphatic heterocycles. The van der Waals surface area contributed by atoms with Crippen LogP contribution in [0.1, 0.15) is 49.4 Å². The van der Waals surface area contributed by atoms with Crippen LogP contribution in [0.25, 0.3) is 5.57 Å². The third-order valence-electron chi connectivity index (χ3n) is 5.50. The Morgan fingerprint density at radius 1 is 1.26 bits per heavy atom. The zero-order chi connectivity index (χ0) is 22.6. The van der Waals surface area contributed by atoms with Crippen LogP contribution in [0.3, 0.4) is 0 Å². The van der Waals surface area contributed by atoms with Crippen molar-refractivity contribution >= 4 is 32.8 Å². The highest BCUT2D eigenvalue weighted by Gasteiger charge is 2.23. The van der Waals surface area contributed by atoms with Crippen LogP contribution in [-0.2, 0) is 21.1 Å². The van der Waals surface area contributed by atoms with E-state index in [1.165, 1.54) is 6.07 Å². The number of benzene rings is 1. The Morgan fingerprint density at radius 3 is 2.61 bits per heavy atom. The molecule has 166 valence electrons. The van der Waals surface area contributed by atoms with Gasteiger partial charge in [-0.2, -0.15) is 0 Å². The van der Waals surface area contributed by atoms with Crippen molar-refractivity contribution < 1.29 is 18.3 Å².